The minimum atomic E-state index is 0.491. The second-order valence-electron chi connectivity index (χ2n) is 5.19. The summed E-state index contributed by atoms with van der Waals surface area (Å²) >= 11 is 3.76. The van der Waals surface area contributed by atoms with Crippen molar-refractivity contribution < 1.29 is 4.74 Å². The fraction of sp³-hybridized carbons (Fsp3) is 0.667. The molecule has 1 saturated heterocycles. The first-order valence-electron chi connectivity index (χ1n) is 6.91. The summed E-state index contributed by atoms with van der Waals surface area (Å²) in [6, 6.07) is 4.26. The summed E-state index contributed by atoms with van der Waals surface area (Å²) < 4.78 is 5.76. The van der Waals surface area contributed by atoms with E-state index in [9.17, 15) is 0 Å². The first-order chi connectivity index (χ1) is 8.74. The second kappa shape index (κ2) is 7.25. The smallest absolute Gasteiger partial charge is 0.0575 e. The van der Waals surface area contributed by atoms with E-state index in [-0.39, 0.29) is 0 Å². The number of hydrogen-bond acceptors (Lipinski definition) is 2. The van der Waals surface area contributed by atoms with Crippen LogP contribution in [0.3, 0.4) is 0 Å². The van der Waals surface area contributed by atoms with E-state index in [4.69, 9.17) is 4.74 Å². The molecule has 0 N–H and O–H groups in total. The van der Waals surface area contributed by atoms with Gasteiger partial charge in [0.2, 0.25) is 0 Å². The molecular weight excluding hydrogens is 290 g/mol. The van der Waals surface area contributed by atoms with Gasteiger partial charge in [-0.05, 0) is 50.7 Å². The predicted molar refractivity (Wildman–Crippen MR) is 78.2 cm³/mol. The first-order valence-corrected chi connectivity index (χ1v) is 7.83. The Bertz CT molecular complexity index is 346. The third-order valence-corrected chi connectivity index (χ3v) is 4.26. The van der Waals surface area contributed by atoms with Crippen LogP contribution in [0.15, 0.2) is 18.3 Å². The van der Waals surface area contributed by atoms with Crippen LogP contribution in [-0.2, 0) is 11.2 Å². The van der Waals surface area contributed by atoms with Crippen molar-refractivity contribution in [3.63, 3.8) is 0 Å². The largest absolute Gasteiger partial charge is 0.378 e. The zero-order valence-corrected chi connectivity index (χ0v) is 12.7. The zero-order chi connectivity index (χ0) is 12.8. The molecule has 1 aromatic rings. The number of halogens is 1. The number of rotatable bonds is 5. The van der Waals surface area contributed by atoms with Gasteiger partial charge in [0.1, 0.15) is 0 Å². The minimum Gasteiger partial charge on any atom is -0.378 e. The van der Waals surface area contributed by atoms with Gasteiger partial charge in [0.05, 0.1) is 6.10 Å². The van der Waals surface area contributed by atoms with Crippen LogP contribution in [0, 0.1) is 6.92 Å². The Morgan fingerprint density at radius 1 is 1.44 bits per heavy atom. The molecule has 1 fully saturated rings. The van der Waals surface area contributed by atoms with Gasteiger partial charge in [-0.3, -0.25) is 4.98 Å². The highest BCUT2D eigenvalue weighted by atomic mass is 79.9. The molecule has 0 aliphatic carbocycles. The van der Waals surface area contributed by atoms with Crippen molar-refractivity contribution in [2.24, 2.45) is 0 Å². The Morgan fingerprint density at radius 3 is 3.00 bits per heavy atom. The van der Waals surface area contributed by atoms with E-state index in [0.717, 1.165) is 13.0 Å². The molecule has 1 aliphatic rings. The van der Waals surface area contributed by atoms with E-state index in [1.165, 1.54) is 43.4 Å². The summed E-state index contributed by atoms with van der Waals surface area (Å²) in [6.07, 6.45) is 9.58. The van der Waals surface area contributed by atoms with Crippen LogP contribution < -0.4 is 0 Å². The third-order valence-electron chi connectivity index (χ3n) is 3.48. The molecule has 1 aromatic heterocycles. The first kappa shape index (κ1) is 14.0. The minimum absolute atomic E-state index is 0.491. The molecule has 0 spiro atoms. The van der Waals surface area contributed by atoms with Crippen molar-refractivity contribution in [1.29, 1.82) is 0 Å². The SMILES string of the molecule is Cc1ccc(CC(Br)CCC2CCCCO2)nc1. The maximum absolute atomic E-state index is 5.76. The third kappa shape index (κ3) is 4.69. The molecule has 2 rings (SSSR count). The molecule has 2 unspecified atom stereocenters. The lowest BCUT2D eigenvalue weighted by Crippen LogP contribution is -2.20. The van der Waals surface area contributed by atoms with Gasteiger partial charge in [0.25, 0.3) is 0 Å². The lowest BCUT2D eigenvalue weighted by Gasteiger charge is -2.23. The van der Waals surface area contributed by atoms with Crippen molar-refractivity contribution in [3.05, 3.63) is 29.6 Å². The molecular formula is C15H22BrNO. The lowest BCUT2D eigenvalue weighted by molar-refractivity contribution is 0.0102. The molecule has 1 aliphatic heterocycles. The van der Waals surface area contributed by atoms with E-state index < -0.39 is 0 Å². The number of pyridine rings is 1. The average Bonchev–Trinajstić information content (AvgIpc) is 2.40. The highest BCUT2D eigenvalue weighted by molar-refractivity contribution is 9.09. The molecule has 0 amide bonds. The van der Waals surface area contributed by atoms with E-state index in [0.29, 0.717) is 10.9 Å². The lowest BCUT2D eigenvalue weighted by atomic mass is 10.0. The summed E-state index contributed by atoms with van der Waals surface area (Å²) in [5.74, 6) is 0. The van der Waals surface area contributed by atoms with Crippen LogP contribution in [0.1, 0.15) is 43.4 Å². The maximum atomic E-state index is 5.76. The van der Waals surface area contributed by atoms with Gasteiger partial charge in [-0.25, -0.2) is 0 Å². The van der Waals surface area contributed by atoms with Crippen molar-refractivity contribution in [1.82, 2.24) is 4.98 Å². The Hall–Kier alpha value is -0.410. The molecule has 0 radical (unpaired) electrons. The van der Waals surface area contributed by atoms with Gasteiger partial charge < -0.3 is 4.74 Å². The van der Waals surface area contributed by atoms with Gasteiger partial charge in [-0.1, -0.05) is 22.0 Å². The Morgan fingerprint density at radius 2 is 2.33 bits per heavy atom. The van der Waals surface area contributed by atoms with Crippen molar-refractivity contribution in [2.75, 3.05) is 6.61 Å². The highest BCUT2D eigenvalue weighted by Gasteiger charge is 2.15. The topological polar surface area (TPSA) is 22.1 Å². The number of alkyl halides is 1. The van der Waals surface area contributed by atoms with Crippen LogP contribution in [-0.4, -0.2) is 22.5 Å². The summed E-state index contributed by atoms with van der Waals surface area (Å²) in [6.45, 7) is 3.03. The van der Waals surface area contributed by atoms with Crippen molar-refractivity contribution in [3.8, 4) is 0 Å². The van der Waals surface area contributed by atoms with Crippen LogP contribution in [0.25, 0.3) is 0 Å². The van der Waals surface area contributed by atoms with E-state index in [2.05, 4.69) is 40.0 Å². The number of hydrogen-bond donors (Lipinski definition) is 0. The molecule has 0 aromatic carbocycles. The van der Waals surface area contributed by atoms with Crippen molar-refractivity contribution >= 4 is 15.9 Å². The summed E-state index contributed by atoms with van der Waals surface area (Å²) in [5, 5.41) is 0. The molecule has 0 saturated carbocycles. The summed E-state index contributed by atoms with van der Waals surface area (Å²) in [5.41, 5.74) is 2.40. The van der Waals surface area contributed by atoms with Crippen LogP contribution >= 0.6 is 15.9 Å². The number of ether oxygens (including phenoxy) is 1. The maximum Gasteiger partial charge on any atom is 0.0575 e. The molecule has 18 heavy (non-hydrogen) atoms. The fourth-order valence-electron chi connectivity index (χ4n) is 2.35. The molecule has 2 atom stereocenters. The molecule has 3 heteroatoms. The average molecular weight is 312 g/mol. The molecule has 2 nitrogen and oxygen atoms in total. The van der Waals surface area contributed by atoms with Gasteiger partial charge in [-0.2, -0.15) is 0 Å². The molecule has 2 heterocycles. The monoisotopic (exact) mass is 311 g/mol. The summed E-state index contributed by atoms with van der Waals surface area (Å²) in [4.78, 5) is 4.96. The van der Waals surface area contributed by atoms with Crippen LogP contribution in [0.2, 0.25) is 0 Å². The molecule has 0 bridgehead atoms. The normalized spacial score (nSPS) is 21.8. The molecule has 100 valence electrons. The van der Waals surface area contributed by atoms with Crippen LogP contribution in [0.5, 0.6) is 0 Å². The highest BCUT2D eigenvalue weighted by Crippen LogP contribution is 2.21. The predicted octanol–water partition coefficient (Wildman–Crippen LogP) is 4.05. The Kier molecular flexibility index (Phi) is 5.64. The van der Waals surface area contributed by atoms with Gasteiger partial charge >= 0.3 is 0 Å². The second-order valence-corrected chi connectivity index (χ2v) is 6.49. The van der Waals surface area contributed by atoms with Gasteiger partial charge in [0.15, 0.2) is 0 Å². The number of aryl methyl sites for hydroxylation is 1. The number of aromatic nitrogens is 1. The van der Waals surface area contributed by atoms with E-state index in [1.807, 2.05) is 6.20 Å². The van der Waals surface area contributed by atoms with Gasteiger partial charge in [-0.15, -0.1) is 0 Å². The van der Waals surface area contributed by atoms with Crippen molar-refractivity contribution in [2.45, 2.75) is 56.4 Å². The Labute approximate surface area is 118 Å². The quantitative estimate of drug-likeness (QED) is 0.765. The standard InChI is InChI=1S/C15H22BrNO/c1-12-5-7-14(17-11-12)10-13(16)6-8-15-4-2-3-9-18-15/h5,7,11,13,15H,2-4,6,8-10H2,1H3. The van der Waals surface area contributed by atoms with Crippen LogP contribution in [0.4, 0.5) is 0 Å². The Balaban J connectivity index is 1.71. The number of nitrogens with zero attached hydrogens (tertiary/aromatic N) is 1. The fourth-order valence-corrected chi connectivity index (χ4v) is 2.95. The van der Waals surface area contributed by atoms with E-state index in [1.54, 1.807) is 0 Å². The van der Waals surface area contributed by atoms with E-state index >= 15 is 0 Å². The van der Waals surface area contributed by atoms with Gasteiger partial charge in [0, 0.05) is 29.7 Å². The summed E-state index contributed by atoms with van der Waals surface area (Å²) in [7, 11) is 0. The zero-order valence-electron chi connectivity index (χ0n) is 11.1.